The van der Waals surface area contributed by atoms with Crippen molar-refractivity contribution in [1.82, 2.24) is 10.2 Å². The van der Waals surface area contributed by atoms with Crippen LogP contribution in [0.25, 0.3) is 0 Å². The van der Waals surface area contributed by atoms with Crippen molar-refractivity contribution >= 4 is 0 Å². The maximum atomic E-state index is 9.76. The van der Waals surface area contributed by atoms with Gasteiger partial charge in [0.1, 0.15) is 11.5 Å². The molecule has 1 aromatic rings. The van der Waals surface area contributed by atoms with E-state index in [2.05, 4.69) is 38.2 Å². The van der Waals surface area contributed by atoms with Crippen molar-refractivity contribution in [3.63, 3.8) is 0 Å². The summed E-state index contributed by atoms with van der Waals surface area (Å²) >= 11 is 0. The van der Waals surface area contributed by atoms with Gasteiger partial charge in [0.25, 0.3) is 0 Å². The number of hydrogen-bond donors (Lipinski definition) is 3. The van der Waals surface area contributed by atoms with E-state index in [-0.39, 0.29) is 11.5 Å². The summed E-state index contributed by atoms with van der Waals surface area (Å²) in [7, 11) is 4.13. The summed E-state index contributed by atoms with van der Waals surface area (Å²) in [6.07, 6.45) is 1.09. The fourth-order valence-corrected chi connectivity index (χ4v) is 2.19. The first-order valence-corrected chi connectivity index (χ1v) is 6.77. The molecule has 0 bridgehead atoms. The van der Waals surface area contributed by atoms with Crippen molar-refractivity contribution < 1.29 is 10.2 Å². The van der Waals surface area contributed by atoms with E-state index in [0.717, 1.165) is 18.5 Å². The zero-order valence-electron chi connectivity index (χ0n) is 12.3. The lowest BCUT2D eigenvalue weighted by Crippen LogP contribution is -2.38. The number of nitrogens with zero attached hydrogens (tertiary/aromatic N) is 1. The van der Waals surface area contributed by atoms with E-state index in [9.17, 15) is 10.2 Å². The molecule has 4 nitrogen and oxygen atoms in total. The lowest BCUT2D eigenvalue weighted by atomic mass is 10.0. The normalized spacial score (nSPS) is 13.2. The molecule has 1 unspecified atom stereocenters. The molecule has 1 aromatic carbocycles. The average Bonchev–Trinajstić information content (AvgIpc) is 2.25. The van der Waals surface area contributed by atoms with Gasteiger partial charge in [-0.1, -0.05) is 19.9 Å². The lowest BCUT2D eigenvalue weighted by molar-refractivity contribution is 0.304. The van der Waals surface area contributed by atoms with Crippen molar-refractivity contribution in [2.45, 2.75) is 32.9 Å². The number of phenolic OH excluding ortho intramolecular Hbond substituents is 2. The molecule has 108 valence electrons. The van der Waals surface area contributed by atoms with E-state index >= 15 is 0 Å². The van der Waals surface area contributed by atoms with Gasteiger partial charge in [0.15, 0.2) is 0 Å². The SMILES string of the molecule is CC(C)CC(CN(C)C)NCc1ccc(O)cc1O. The van der Waals surface area contributed by atoms with Gasteiger partial charge in [-0.2, -0.15) is 0 Å². The van der Waals surface area contributed by atoms with Gasteiger partial charge < -0.3 is 20.4 Å². The fourth-order valence-electron chi connectivity index (χ4n) is 2.19. The second-order valence-electron chi connectivity index (χ2n) is 5.78. The second kappa shape index (κ2) is 7.36. The summed E-state index contributed by atoms with van der Waals surface area (Å²) in [4.78, 5) is 2.16. The molecule has 0 aliphatic rings. The van der Waals surface area contributed by atoms with Crippen molar-refractivity contribution in [2.24, 2.45) is 5.92 Å². The second-order valence-corrected chi connectivity index (χ2v) is 5.78. The summed E-state index contributed by atoms with van der Waals surface area (Å²) in [5.41, 5.74) is 0.810. The number of benzene rings is 1. The van der Waals surface area contributed by atoms with E-state index in [1.165, 1.54) is 6.07 Å². The third-order valence-electron chi connectivity index (χ3n) is 2.99. The van der Waals surface area contributed by atoms with Crippen molar-refractivity contribution in [3.05, 3.63) is 23.8 Å². The van der Waals surface area contributed by atoms with Crippen LogP contribution in [-0.2, 0) is 6.54 Å². The first-order valence-electron chi connectivity index (χ1n) is 6.77. The Balaban J connectivity index is 2.59. The molecule has 0 saturated carbocycles. The summed E-state index contributed by atoms with van der Waals surface area (Å²) in [5, 5.41) is 22.5. The highest BCUT2D eigenvalue weighted by atomic mass is 16.3. The van der Waals surface area contributed by atoms with Crippen LogP contribution in [0, 0.1) is 5.92 Å². The topological polar surface area (TPSA) is 55.7 Å². The number of phenols is 2. The van der Waals surface area contributed by atoms with Crippen molar-refractivity contribution in [2.75, 3.05) is 20.6 Å². The number of rotatable bonds is 7. The summed E-state index contributed by atoms with van der Waals surface area (Å²) < 4.78 is 0. The van der Waals surface area contributed by atoms with Gasteiger partial charge in [-0.15, -0.1) is 0 Å². The molecule has 0 spiro atoms. The molecule has 0 aromatic heterocycles. The van der Waals surface area contributed by atoms with Crippen LogP contribution < -0.4 is 5.32 Å². The lowest BCUT2D eigenvalue weighted by Gasteiger charge is -2.24. The van der Waals surface area contributed by atoms with Crippen LogP contribution >= 0.6 is 0 Å². The Labute approximate surface area is 116 Å². The van der Waals surface area contributed by atoms with Crippen LogP contribution in [0.15, 0.2) is 18.2 Å². The van der Waals surface area contributed by atoms with E-state index in [1.807, 2.05) is 0 Å². The fraction of sp³-hybridized carbons (Fsp3) is 0.600. The highest BCUT2D eigenvalue weighted by molar-refractivity contribution is 5.38. The summed E-state index contributed by atoms with van der Waals surface area (Å²) in [5.74, 6) is 0.861. The van der Waals surface area contributed by atoms with Crippen LogP contribution in [0.5, 0.6) is 11.5 Å². The monoisotopic (exact) mass is 266 g/mol. The van der Waals surface area contributed by atoms with Crippen molar-refractivity contribution in [1.29, 1.82) is 0 Å². The van der Waals surface area contributed by atoms with E-state index in [4.69, 9.17) is 0 Å². The van der Waals surface area contributed by atoms with Crippen molar-refractivity contribution in [3.8, 4) is 11.5 Å². The maximum Gasteiger partial charge on any atom is 0.123 e. The summed E-state index contributed by atoms with van der Waals surface area (Å²) in [6.45, 7) is 6.00. The largest absolute Gasteiger partial charge is 0.508 e. The molecule has 0 radical (unpaired) electrons. The predicted octanol–water partition coefficient (Wildman–Crippen LogP) is 2.16. The molecule has 0 saturated heterocycles. The minimum atomic E-state index is 0.0910. The molecule has 3 N–H and O–H groups in total. The third-order valence-corrected chi connectivity index (χ3v) is 2.99. The number of aromatic hydroxyl groups is 2. The molecule has 0 amide bonds. The minimum Gasteiger partial charge on any atom is -0.508 e. The van der Waals surface area contributed by atoms with Crippen LogP contribution in [-0.4, -0.2) is 41.8 Å². The van der Waals surface area contributed by atoms with Gasteiger partial charge in [0.2, 0.25) is 0 Å². The highest BCUT2D eigenvalue weighted by Gasteiger charge is 2.12. The van der Waals surface area contributed by atoms with Gasteiger partial charge in [0.05, 0.1) is 0 Å². The first-order chi connectivity index (χ1) is 8.88. The molecule has 0 aliphatic heterocycles. The summed E-state index contributed by atoms with van der Waals surface area (Å²) in [6, 6.07) is 5.11. The zero-order chi connectivity index (χ0) is 14.4. The van der Waals surface area contributed by atoms with Crippen LogP contribution in [0.3, 0.4) is 0 Å². The third kappa shape index (κ3) is 5.94. The van der Waals surface area contributed by atoms with Crippen LogP contribution in [0.2, 0.25) is 0 Å². The molecule has 19 heavy (non-hydrogen) atoms. The number of likely N-dealkylation sites (N-methyl/N-ethyl adjacent to an activating group) is 1. The maximum absolute atomic E-state index is 9.76. The number of nitrogens with one attached hydrogen (secondary N) is 1. The van der Waals surface area contributed by atoms with Gasteiger partial charge in [-0.3, -0.25) is 0 Å². The Kier molecular flexibility index (Phi) is 6.12. The van der Waals surface area contributed by atoms with Crippen LogP contribution in [0.4, 0.5) is 0 Å². The van der Waals surface area contributed by atoms with E-state index in [0.29, 0.717) is 18.5 Å². The molecule has 4 heteroatoms. The average molecular weight is 266 g/mol. The minimum absolute atomic E-state index is 0.0910. The Morgan fingerprint density at radius 1 is 1.21 bits per heavy atom. The molecule has 0 heterocycles. The molecule has 0 fully saturated rings. The molecule has 1 atom stereocenters. The standard InChI is InChI=1S/C15H26N2O2/c1-11(2)7-13(10-17(3)4)16-9-12-5-6-14(18)8-15(12)19/h5-6,8,11,13,16,18-19H,7,9-10H2,1-4H3. The van der Waals surface area contributed by atoms with E-state index in [1.54, 1.807) is 12.1 Å². The zero-order valence-corrected chi connectivity index (χ0v) is 12.3. The van der Waals surface area contributed by atoms with Gasteiger partial charge in [0, 0.05) is 30.8 Å². The Bertz CT molecular complexity index is 382. The highest BCUT2D eigenvalue weighted by Crippen LogP contribution is 2.22. The molecular weight excluding hydrogens is 240 g/mol. The molecule has 0 aliphatic carbocycles. The van der Waals surface area contributed by atoms with E-state index < -0.39 is 0 Å². The van der Waals surface area contributed by atoms with Gasteiger partial charge in [-0.25, -0.2) is 0 Å². The van der Waals surface area contributed by atoms with Crippen LogP contribution in [0.1, 0.15) is 25.8 Å². The predicted molar refractivity (Wildman–Crippen MR) is 78.4 cm³/mol. The quantitative estimate of drug-likeness (QED) is 0.708. The molecular formula is C15H26N2O2. The first kappa shape index (κ1) is 15.8. The Morgan fingerprint density at radius 3 is 2.42 bits per heavy atom. The smallest absolute Gasteiger partial charge is 0.123 e. The Morgan fingerprint density at radius 2 is 1.89 bits per heavy atom. The van der Waals surface area contributed by atoms with Gasteiger partial charge >= 0.3 is 0 Å². The molecule has 1 rings (SSSR count). The number of hydrogen-bond acceptors (Lipinski definition) is 4. The Hall–Kier alpha value is -1.26. The van der Waals surface area contributed by atoms with Gasteiger partial charge in [-0.05, 0) is 32.5 Å².